The molecule has 0 amide bonds. The number of halogens is 2. The van der Waals surface area contributed by atoms with Crippen molar-refractivity contribution in [3.05, 3.63) is 29.3 Å². The molecule has 3 N–H and O–H groups in total. The number of hydrogen-bond donors (Lipinski definition) is 2. The molecule has 0 bridgehead atoms. The van der Waals surface area contributed by atoms with Crippen molar-refractivity contribution in [1.82, 2.24) is 5.32 Å². The van der Waals surface area contributed by atoms with E-state index in [1.165, 1.54) is 0 Å². The molecular weight excluding hydrogens is 389 g/mol. The fourth-order valence-electron chi connectivity index (χ4n) is 1.41. The Morgan fingerprint density at radius 1 is 1.35 bits per heavy atom. The van der Waals surface area contributed by atoms with Crippen LogP contribution in [0, 0.1) is 0 Å². The molecule has 0 aliphatic carbocycles. The van der Waals surface area contributed by atoms with Gasteiger partial charge in [-0.1, -0.05) is 18.5 Å². The molecule has 20 heavy (non-hydrogen) atoms. The lowest BCUT2D eigenvalue weighted by molar-refractivity contribution is 0.230. The first kappa shape index (κ1) is 19.3. The van der Waals surface area contributed by atoms with Crippen LogP contribution < -0.4 is 15.8 Å². The number of nitrogens with zero attached hydrogens (tertiary/aromatic N) is 1. The lowest BCUT2D eigenvalue weighted by Crippen LogP contribution is -2.38. The first-order valence-corrected chi connectivity index (χ1v) is 6.87. The SMILES string of the molecule is CCC(C)NC(N)=NCC(C)Oc1ccc(Cl)cc1.I. The van der Waals surface area contributed by atoms with E-state index in [4.69, 9.17) is 22.1 Å². The summed E-state index contributed by atoms with van der Waals surface area (Å²) in [6, 6.07) is 7.60. The number of guanidine groups is 1. The third-order valence-corrected chi connectivity index (χ3v) is 2.93. The molecule has 0 saturated carbocycles. The monoisotopic (exact) mass is 411 g/mol. The Balaban J connectivity index is 0.00000361. The minimum atomic E-state index is -0.0431. The van der Waals surface area contributed by atoms with Gasteiger partial charge < -0.3 is 15.8 Å². The number of hydrogen-bond acceptors (Lipinski definition) is 2. The molecule has 4 nitrogen and oxygen atoms in total. The summed E-state index contributed by atoms with van der Waals surface area (Å²) in [5, 5.41) is 3.81. The van der Waals surface area contributed by atoms with Gasteiger partial charge in [-0.3, -0.25) is 0 Å². The van der Waals surface area contributed by atoms with Gasteiger partial charge in [0.15, 0.2) is 5.96 Å². The third-order valence-electron chi connectivity index (χ3n) is 2.68. The van der Waals surface area contributed by atoms with Crippen LogP contribution >= 0.6 is 35.6 Å². The standard InChI is InChI=1S/C14H22ClN3O.HI/c1-4-10(2)18-14(16)17-9-11(3)19-13-7-5-12(15)6-8-13;/h5-8,10-11H,4,9H2,1-3H3,(H3,16,17,18);1H. The summed E-state index contributed by atoms with van der Waals surface area (Å²) in [5.74, 6) is 1.24. The van der Waals surface area contributed by atoms with Crippen LogP contribution in [0.5, 0.6) is 5.75 Å². The summed E-state index contributed by atoms with van der Waals surface area (Å²) in [7, 11) is 0. The number of rotatable bonds is 6. The second-order valence-electron chi connectivity index (χ2n) is 4.56. The molecule has 0 heterocycles. The van der Waals surface area contributed by atoms with Crippen LogP contribution in [0.25, 0.3) is 0 Å². The maximum absolute atomic E-state index is 5.81. The predicted octanol–water partition coefficient (Wildman–Crippen LogP) is 3.43. The van der Waals surface area contributed by atoms with Gasteiger partial charge in [0.1, 0.15) is 11.9 Å². The molecule has 2 unspecified atom stereocenters. The number of benzene rings is 1. The Morgan fingerprint density at radius 3 is 2.50 bits per heavy atom. The molecule has 0 aliphatic heterocycles. The van der Waals surface area contributed by atoms with Gasteiger partial charge in [0.25, 0.3) is 0 Å². The maximum Gasteiger partial charge on any atom is 0.188 e. The molecule has 1 aromatic carbocycles. The van der Waals surface area contributed by atoms with Gasteiger partial charge in [0, 0.05) is 11.1 Å². The van der Waals surface area contributed by atoms with Crippen molar-refractivity contribution in [2.75, 3.05) is 6.54 Å². The Hall–Kier alpha value is -0.690. The van der Waals surface area contributed by atoms with Crippen LogP contribution in [0.1, 0.15) is 27.2 Å². The van der Waals surface area contributed by atoms with E-state index in [0.29, 0.717) is 23.6 Å². The maximum atomic E-state index is 5.81. The molecule has 1 rings (SSSR count). The average molecular weight is 412 g/mol. The zero-order valence-corrected chi connectivity index (χ0v) is 15.2. The summed E-state index contributed by atoms with van der Waals surface area (Å²) < 4.78 is 5.70. The molecule has 0 saturated heterocycles. The van der Waals surface area contributed by atoms with Gasteiger partial charge in [-0.25, -0.2) is 4.99 Å². The first-order chi connectivity index (χ1) is 9.01. The minimum Gasteiger partial charge on any atom is -0.489 e. The molecule has 6 heteroatoms. The van der Waals surface area contributed by atoms with Crippen LogP contribution in [0.2, 0.25) is 5.02 Å². The summed E-state index contributed by atoms with van der Waals surface area (Å²) in [6.45, 7) is 6.62. The highest BCUT2D eigenvalue weighted by atomic mass is 127. The summed E-state index contributed by atoms with van der Waals surface area (Å²) in [6.07, 6.45) is 0.964. The van der Waals surface area contributed by atoms with E-state index in [1.807, 2.05) is 19.1 Å². The largest absolute Gasteiger partial charge is 0.489 e. The van der Waals surface area contributed by atoms with Crippen LogP contribution in [0.4, 0.5) is 0 Å². The summed E-state index contributed by atoms with van der Waals surface area (Å²) in [5.41, 5.74) is 5.78. The average Bonchev–Trinajstić information content (AvgIpc) is 2.39. The van der Waals surface area contributed by atoms with Crippen molar-refractivity contribution >= 4 is 41.5 Å². The highest BCUT2D eigenvalue weighted by Crippen LogP contribution is 2.16. The second kappa shape index (κ2) is 10.1. The third kappa shape index (κ3) is 7.79. The van der Waals surface area contributed by atoms with Crippen molar-refractivity contribution in [1.29, 1.82) is 0 Å². The van der Waals surface area contributed by atoms with Gasteiger partial charge in [-0.2, -0.15) is 0 Å². The van der Waals surface area contributed by atoms with E-state index in [2.05, 4.69) is 24.2 Å². The Morgan fingerprint density at radius 2 is 1.95 bits per heavy atom. The summed E-state index contributed by atoms with van der Waals surface area (Å²) >= 11 is 5.81. The molecule has 114 valence electrons. The Kier molecular flexibility index (Phi) is 9.75. The number of nitrogens with one attached hydrogen (secondary N) is 1. The quantitative estimate of drug-likeness (QED) is 0.428. The number of nitrogens with two attached hydrogens (primary N) is 1. The molecule has 0 aliphatic rings. The number of ether oxygens (including phenoxy) is 1. The Labute approximate surface area is 143 Å². The minimum absolute atomic E-state index is 0. The van der Waals surface area contributed by atoms with E-state index >= 15 is 0 Å². The molecule has 0 radical (unpaired) electrons. The zero-order chi connectivity index (χ0) is 14.3. The van der Waals surface area contributed by atoms with Crippen LogP contribution in [0.3, 0.4) is 0 Å². The zero-order valence-electron chi connectivity index (χ0n) is 12.1. The Bertz CT molecular complexity index is 411. The highest BCUT2D eigenvalue weighted by Gasteiger charge is 2.04. The smallest absolute Gasteiger partial charge is 0.188 e. The molecule has 0 spiro atoms. The van der Waals surface area contributed by atoms with Crippen LogP contribution in [0.15, 0.2) is 29.3 Å². The topological polar surface area (TPSA) is 59.6 Å². The molecular formula is C14H23ClIN3O. The van der Waals surface area contributed by atoms with Crippen molar-refractivity contribution in [2.24, 2.45) is 10.7 Å². The van der Waals surface area contributed by atoms with Crippen LogP contribution in [-0.4, -0.2) is 24.7 Å². The van der Waals surface area contributed by atoms with Gasteiger partial charge in [0.05, 0.1) is 6.54 Å². The van der Waals surface area contributed by atoms with Gasteiger partial charge in [0.2, 0.25) is 0 Å². The van der Waals surface area contributed by atoms with E-state index in [1.54, 1.807) is 12.1 Å². The molecule has 0 aromatic heterocycles. The fraction of sp³-hybridized carbons (Fsp3) is 0.500. The van der Waals surface area contributed by atoms with E-state index in [0.717, 1.165) is 12.2 Å². The van der Waals surface area contributed by atoms with Crippen molar-refractivity contribution in [3.8, 4) is 5.75 Å². The fourth-order valence-corrected chi connectivity index (χ4v) is 1.54. The van der Waals surface area contributed by atoms with Crippen LogP contribution in [-0.2, 0) is 0 Å². The lowest BCUT2D eigenvalue weighted by atomic mass is 10.3. The van der Waals surface area contributed by atoms with Gasteiger partial charge in [-0.05, 0) is 44.5 Å². The number of aliphatic imine (C=N–C) groups is 1. The molecule has 0 fully saturated rings. The summed E-state index contributed by atoms with van der Waals surface area (Å²) in [4.78, 5) is 4.26. The normalized spacial score (nSPS) is 14.1. The van der Waals surface area contributed by atoms with Crippen molar-refractivity contribution < 1.29 is 4.74 Å². The van der Waals surface area contributed by atoms with Crippen molar-refractivity contribution in [3.63, 3.8) is 0 Å². The van der Waals surface area contributed by atoms with Crippen molar-refractivity contribution in [2.45, 2.75) is 39.3 Å². The molecule has 1 aromatic rings. The first-order valence-electron chi connectivity index (χ1n) is 6.50. The molecule has 2 atom stereocenters. The second-order valence-corrected chi connectivity index (χ2v) is 5.00. The van der Waals surface area contributed by atoms with Gasteiger partial charge in [-0.15, -0.1) is 24.0 Å². The predicted molar refractivity (Wildman–Crippen MR) is 96.3 cm³/mol. The van der Waals surface area contributed by atoms with Gasteiger partial charge >= 0.3 is 0 Å². The van der Waals surface area contributed by atoms with E-state index < -0.39 is 0 Å². The highest BCUT2D eigenvalue weighted by molar-refractivity contribution is 14.0. The lowest BCUT2D eigenvalue weighted by Gasteiger charge is -2.15. The van der Waals surface area contributed by atoms with E-state index in [-0.39, 0.29) is 30.1 Å². The van der Waals surface area contributed by atoms with E-state index in [9.17, 15) is 0 Å².